The molecule has 2 heterocycles. The number of hydrogen-bond acceptors (Lipinski definition) is 3. The average Bonchev–Trinajstić information content (AvgIpc) is 2.87. The summed E-state index contributed by atoms with van der Waals surface area (Å²) in [4.78, 5) is 0. The van der Waals surface area contributed by atoms with Gasteiger partial charge in [-0.05, 0) is 17.7 Å². The molecule has 3 rings (SSSR count). The molecule has 0 aliphatic carbocycles. The monoisotopic (exact) mass is 249 g/mol. The molecule has 17 heavy (non-hydrogen) atoms. The third kappa shape index (κ3) is 1.56. The van der Waals surface area contributed by atoms with Crippen LogP contribution < -0.4 is 10.5 Å². The van der Waals surface area contributed by atoms with E-state index < -0.39 is 0 Å². The summed E-state index contributed by atoms with van der Waals surface area (Å²) < 4.78 is 7.29. The molecule has 1 aromatic carbocycles. The standard InChI is InChI=1S/C12H12ClN3O/c1-16-12(14)10(6-15-16)9-5-8(13)4-7-2-3-17-11(7)9/h4-6H,2-3,14H2,1H3. The fourth-order valence-corrected chi connectivity index (χ4v) is 2.36. The van der Waals surface area contributed by atoms with Crippen LogP contribution in [-0.2, 0) is 13.5 Å². The van der Waals surface area contributed by atoms with Gasteiger partial charge in [0.1, 0.15) is 11.6 Å². The number of aromatic nitrogens is 2. The van der Waals surface area contributed by atoms with Gasteiger partial charge in [-0.3, -0.25) is 4.68 Å². The van der Waals surface area contributed by atoms with Crippen LogP contribution in [0.15, 0.2) is 18.3 Å². The van der Waals surface area contributed by atoms with E-state index in [0.29, 0.717) is 17.4 Å². The van der Waals surface area contributed by atoms with Crippen molar-refractivity contribution in [1.29, 1.82) is 0 Å². The van der Waals surface area contributed by atoms with Crippen LogP contribution in [0.5, 0.6) is 5.75 Å². The first-order chi connectivity index (χ1) is 8.16. The van der Waals surface area contributed by atoms with Crippen LogP contribution in [0.1, 0.15) is 5.56 Å². The number of nitrogens with zero attached hydrogens (tertiary/aromatic N) is 2. The number of anilines is 1. The second kappa shape index (κ2) is 3.67. The van der Waals surface area contributed by atoms with Crippen LogP contribution in [0.4, 0.5) is 5.82 Å². The van der Waals surface area contributed by atoms with Crippen LogP contribution in [0.3, 0.4) is 0 Å². The molecule has 0 saturated heterocycles. The summed E-state index contributed by atoms with van der Waals surface area (Å²) in [5, 5.41) is 4.84. The molecule has 1 aromatic heterocycles. The molecule has 0 fully saturated rings. The average molecular weight is 250 g/mol. The fraction of sp³-hybridized carbons (Fsp3) is 0.250. The van der Waals surface area contributed by atoms with Crippen molar-refractivity contribution < 1.29 is 4.74 Å². The summed E-state index contributed by atoms with van der Waals surface area (Å²) in [6.45, 7) is 0.697. The van der Waals surface area contributed by atoms with Gasteiger partial charge in [0.15, 0.2) is 0 Å². The predicted molar refractivity (Wildman–Crippen MR) is 67.3 cm³/mol. The Kier molecular flexibility index (Phi) is 2.26. The molecule has 0 radical (unpaired) electrons. The summed E-state index contributed by atoms with van der Waals surface area (Å²) in [5.41, 5.74) is 8.91. The maximum Gasteiger partial charge on any atom is 0.130 e. The van der Waals surface area contributed by atoms with Crippen molar-refractivity contribution in [2.24, 2.45) is 7.05 Å². The summed E-state index contributed by atoms with van der Waals surface area (Å²) in [7, 11) is 1.81. The maximum absolute atomic E-state index is 6.11. The third-order valence-corrected chi connectivity index (χ3v) is 3.24. The lowest BCUT2D eigenvalue weighted by molar-refractivity contribution is 0.358. The SMILES string of the molecule is Cn1ncc(-c2cc(Cl)cc3c2OCC3)c1N. The van der Waals surface area contributed by atoms with Gasteiger partial charge in [-0.1, -0.05) is 11.6 Å². The van der Waals surface area contributed by atoms with Gasteiger partial charge in [-0.25, -0.2) is 0 Å². The van der Waals surface area contributed by atoms with Crippen LogP contribution in [0, 0.1) is 0 Å². The second-order valence-corrected chi connectivity index (χ2v) is 4.54. The molecule has 1 aliphatic heterocycles. The highest BCUT2D eigenvalue weighted by Crippen LogP contribution is 2.40. The van der Waals surface area contributed by atoms with Gasteiger partial charge in [0.25, 0.3) is 0 Å². The van der Waals surface area contributed by atoms with Crippen molar-refractivity contribution in [2.75, 3.05) is 12.3 Å². The number of fused-ring (bicyclic) bond motifs is 1. The number of benzene rings is 1. The Morgan fingerprint density at radius 3 is 2.94 bits per heavy atom. The number of hydrogen-bond donors (Lipinski definition) is 1. The number of nitrogen functional groups attached to an aromatic ring is 1. The number of nitrogens with two attached hydrogens (primary N) is 1. The van der Waals surface area contributed by atoms with E-state index in [4.69, 9.17) is 22.1 Å². The van der Waals surface area contributed by atoms with E-state index in [0.717, 1.165) is 28.9 Å². The van der Waals surface area contributed by atoms with Crippen molar-refractivity contribution in [3.05, 3.63) is 28.9 Å². The zero-order chi connectivity index (χ0) is 12.0. The minimum absolute atomic E-state index is 0.616. The van der Waals surface area contributed by atoms with E-state index in [1.54, 1.807) is 10.9 Å². The topological polar surface area (TPSA) is 53.1 Å². The highest BCUT2D eigenvalue weighted by Gasteiger charge is 2.21. The smallest absolute Gasteiger partial charge is 0.130 e. The quantitative estimate of drug-likeness (QED) is 0.844. The molecule has 0 amide bonds. The van der Waals surface area contributed by atoms with E-state index in [2.05, 4.69) is 5.10 Å². The summed E-state index contributed by atoms with van der Waals surface area (Å²) >= 11 is 6.11. The first kappa shape index (κ1) is 10.5. The van der Waals surface area contributed by atoms with Crippen molar-refractivity contribution in [3.63, 3.8) is 0 Å². The molecule has 2 N–H and O–H groups in total. The third-order valence-electron chi connectivity index (χ3n) is 3.02. The van der Waals surface area contributed by atoms with Crippen molar-refractivity contribution in [3.8, 4) is 16.9 Å². The molecule has 0 bridgehead atoms. The molecular formula is C12H12ClN3O. The lowest BCUT2D eigenvalue weighted by atomic mass is 10.0. The predicted octanol–water partition coefficient (Wildman–Crippen LogP) is 2.26. The number of halogens is 1. The van der Waals surface area contributed by atoms with Gasteiger partial charge >= 0.3 is 0 Å². The molecule has 0 atom stereocenters. The van der Waals surface area contributed by atoms with Gasteiger partial charge in [-0.2, -0.15) is 5.10 Å². The van der Waals surface area contributed by atoms with Crippen molar-refractivity contribution in [1.82, 2.24) is 9.78 Å². The molecule has 0 spiro atoms. The van der Waals surface area contributed by atoms with Gasteiger partial charge in [-0.15, -0.1) is 0 Å². The summed E-state index contributed by atoms with van der Waals surface area (Å²) in [6.07, 6.45) is 2.63. The molecule has 2 aromatic rings. The fourth-order valence-electron chi connectivity index (χ4n) is 2.12. The van der Waals surface area contributed by atoms with E-state index in [1.165, 1.54) is 0 Å². The van der Waals surface area contributed by atoms with Gasteiger partial charge < -0.3 is 10.5 Å². The van der Waals surface area contributed by atoms with Crippen molar-refractivity contribution in [2.45, 2.75) is 6.42 Å². The molecular weight excluding hydrogens is 238 g/mol. The zero-order valence-corrected chi connectivity index (χ0v) is 10.2. The second-order valence-electron chi connectivity index (χ2n) is 4.11. The minimum atomic E-state index is 0.616. The number of aryl methyl sites for hydroxylation is 1. The van der Waals surface area contributed by atoms with E-state index >= 15 is 0 Å². The molecule has 4 nitrogen and oxygen atoms in total. The lowest BCUT2D eigenvalue weighted by Crippen LogP contribution is -1.98. The summed E-state index contributed by atoms with van der Waals surface area (Å²) in [5.74, 6) is 1.50. The maximum atomic E-state index is 6.11. The molecule has 0 saturated carbocycles. The van der Waals surface area contributed by atoms with Crippen LogP contribution in [0.25, 0.3) is 11.1 Å². The Morgan fingerprint density at radius 2 is 2.24 bits per heavy atom. The van der Waals surface area contributed by atoms with E-state index in [1.807, 2.05) is 19.2 Å². The lowest BCUT2D eigenvalue weighted by Gasteiger charge is -2.08. The summed E-state index contributed by atoms with van der Waals surface area (Å²) in [6, 6.07) is 3.82. The molecule has 0 unspecified atom stereocenters. The van der Waals surface area contributed by atoms with E-state index in [-0.39, 0.29) is 0 Å². The van der Waals surface area contributed by atoms with Crippen LogP contribution in [-0.4, -0.2) is 16.4 Å². The largest absolute Gasteiger partial charge is 0.492 e. The molecule has 5 heteroatoms. The first-order valence-electron chi connectivity index (χ1n) is 5.40. The van der Waals surface area contributed by atoms with E-state index in [9.17, 15) is 0 Å². The van der Waals surface area contributed by atoms with Gasteiger partial charge in [0.05, 0.1) is 12.8 Å². The Morgan fingerprint density at radius 1 is 1.41 bits per heavy atom. The Balaban J connectivity index is 2.24. The van der Waals surface area contributed by atoms with Crippen LogP contribution >= 0.6 is 11.6 Å². The van der Waals surface area contributed by atoms with Crippen LogP contribution in [0.2, 0.25) is 5.02 Å². The number of rotatable bonds is 1. The van der Waals surface area contributed by atoms with Crippen molar-refractivity contribution >= 4 is 17.4 Å². The highest BCUT2D eigenvalue weighted by molar-refractivity contribution is 6.31. The molecule has 88 valence electrons. The first-order valence-corrected chi connectivity index (χ1v) is 5.77. The Hall–Kier alpha value is -1.68. The zero-order valence-electron chi connectivity index (χ0n) is 9.40. The normalized spacial score (nSPS) is 13.5. The molecule has 1 aliphatic rings. The highest BCUT2D eigenvalue weighted by atomic mass is 35.5. The van der Waals surface area contributed by atoms with Gasteiger partial charge in [0.2, 0.25) is 0 Å². The minimum Gasteiger partial charge on any atom is -0.492 e. The number of ether oxygens (including phenoxy) is 1. The Labute approximate surface area is 104 Å². The Bertz CT molecular complexity index is 592. The van der Waals surface area contributed by atoms with Gasteiger partial charge in [0, 0.05) is 29.6 Å².